The van der Waals surface area contributed by atoms with E-state index in [0.29, 0.717) is 17.8 Å². The third kappa shape index (κ3) is 4.25. The van der Waals surface area contributed by atoms with Crippen LogP contribution in [0.3, 0.4) is 0 Å². The Labute approximate surface area is 105 Å². The summed E-state index contributed by atoms with van der Waals surface area (Å²) < 4.78 is 0. The number of pyridine rings is 1. The highest BCUT2D eigenvalue weighted by molar-refractivity contribution is 5.44. The van der Waals surface area contributed by atoms with Crippen LogP contribution < -0.4 is 10.6 Å². The van der Waals surface area contributed by atoms with Gasteiger partial charge in [0.2, 0.25) is 0 Å². The van der Waals surface area contributed by atoms with Crippen LogP contribution in [-0.4, -0.2) is 18.6 Å². The Morgan fingerprint density at radius 1 is 1.06 bits per heavy atom. The Kier molecular flexibility index (Phi) is 5.26. The van der Waals surface area contributed by atoms with Gasteiger partial charge in [-0.05, 0) is 29.9 Å². The van der Waals surface area contributed by atoms with E-state index >= 15 is 0 Å². The van der Waals surface area contributed by atoms with E-state index in [0.717, 1.165) is 18.2 Å². The zero-order valence-electron chi connectivity index (χ0n) is 11.6. The van der Waals surface area contributed by atoms with Crippen molar-refractivity contribution in [3.63, 3.8) is 0 Å². The Hall–Kier alpha value is -1.25. The summed E-state index contributed by atoms with van der Waals surface area (Å²) in [5.74, 6) is 3.91. The Morgan fingerprint density at radius 2 is 1.65 bits per heavy atom. The van der Waals surface area contributed by atoms with Crippen molar-refractivity contribution in [2.45, 2.75) is 27.7 Å². The van der Waals surface area contributed by atoms with E-state index in [1.165, 1.54) is 0 Å². The van der Waals surface area contributed by atoms with Crippen LogP contribution in [0.15, 0.2) is 18.2 Å². The smallest absolute Gasteiger partial charge is 0.128 e. The van der Waals surface area contributed by atoms with E-state index in [1.807, 2.05) is 25.2 Å². The molecule has 0 spiro atoms. The molecule has 96 valence electrons. The molecule has 0 aliphatic rings. The highest BCUT2D eigenvalue weighted by Crippen LogP contribution is 2.21. The van der Waals surface area contributed by atoms with Crippen molar-refractivity contribution >= 4 is 11.6 Å². The lowest BCUT2D eigenvalue weighted by Crippen LogP contribution is -2.24. The summed E-state index contributed by atoms with van der Waals surface area (Å²) in [6.07, 6.45) is 0. The third-order valence-corrected chi connectivity index (χ3v) is 3.24. The molecule has 0 bridgehead atoms. The molecule has 0 radical (unpaired) electrons. The van der Waals surface area contributed by atoms with Gasteiger partial charge < -0.3 is 10.6 Å². The van der Waals surface area contributed by atoms with E-state index in [1.54, 1.807) is 0 Å². The topological polar surface area (TPSA) is 37.0 Å². The van der Waals surface area contributed by atoms with Crippen molar-refractivity contribution in [2.75, 3.05) is 24.2 Å². The third-order valence-electron chi connectivity index (χ3n) is 3.24. The highest BCUT2D eigenvalue weighted by atomic mass is 15.0. The second-order valence-electron chi connectivity index (χ2n) is 5.19. The summed E-state index contributed by atoms with van der Waals surface area (Å²) in [6, 6.07) is 5.99. The van der Waals surface area contributed by atoms with Crippen LogP contribution in [0.25, 0.3) is 0 Å². The summed E-state index contributed by atoms with van der Waals surface area (Å²) in [4.78, 5) is 4.46. The molecular formula is C14H25N3. The van der Waals surface area contributed by atoms with Gasteiger partial charge in [-0.2, -0.15) is 0 Å². The van der Waals surface area contributed by atoms with Crippen molar-refractivity contribution < 1.29 is 0 Å². The fourth-order valence-corrected chi connectivity index (χ4v) is 2.14. The Balaban J connectivity index is 2.59. The molecule has 0 fully saturated rings. The second-order valence-corrected chi connectivity index (χ2v) is 5.19. The maximum Gasteiger partial charge on any atom is 0.128 e. The SMILES string of the molecule is CNc1cccc(NCC(C(C)C)C(C)C)n1. The van der Waals surface area contributed by atoms with Gasteiger partial charge in [-0.25, -0.2) is 4.98 Å². The van der Waals surface area contributed by atoms with Crippen LogP contribution in [0.5, 0.6) is 0 Å². The van der Waals surface area contributed by atoms with Crippen LogP contribution in [0.4, 0.5) is 11.6 Å². The molecule has 1 rings (SSSR count). The average molecular weight is 235 g/mol. The maximum absolute atomic E-state index is 4.46. The largest absolute Gasteiger partial charge is 0.373 e. The molecule has 3 heteroatoms. The van der Waals surface area contributed by atoms with Crippen LogP contribution in [0, 0.1) is 17.8 Å². The summed E-state index contributed by atoms with van der Waals surface area (Å²) in [5, 5.41) is 6.48. The average Bonchev–Trinajstić information content (AvgIpc) is 2.28. The Morgan fingerprint density at radius 3 is 2.18 bits per heavy atom. The van der Waals surface area contributed by atoms with E-state index in [9.17, 15) is 0 Å². The molecule has 0 saturated heterocycles. The number of nitrogens with one attached hydrogen (secondary N) is 2. The zero-order chi connectivity index (χ0) is 12.8. The van der Waals surface area contributed by atoms with Crippen LogP contribution in [-0.2, 0) is 0 Å². The minimum absolute atomic E-state index is 0.676. The first-order chi connectivity index (χ1) is 8.04. The molecule has 0 amide bonds. The molecule has 1 aromatic rings. The first-order valence-corrected chi connectivity index (χ1v) is 6.43. The van der Waals surface area contributed by atoms with Crippen LogP contribution in [0.2, 0.25) is 0 Å². The predicted molar refractivity (Wildman–Crippen MR) is 75.4 cm³/mol. The van der Waals surface area contributed by atoms with Gasteiger partial charge in [0.15, 0.2) is 0 Å². The molecule has 0 unspecified atom stereocenters. The maximum atomic E-state index is 4.46. The molecule has 1 aromatic heterocycles. The van der Waals surface area contributed by atoms with E-state index in [4.69, 9.17) is 0 Å². The van der Waals surface area contributed by atoms with Gasteiger partial charge >= 0.3 is 0 Å². The lowest BCUT2D eigenvalue weighted by molar-refractivity contribution is 0.304. The fourth-order valence-electron chi connectivity index (χ4n) is 2.14. The number of nitrogens with zero attached hydrogens (tertiary/aromatic N) is 1. The van der Waals surface area contributed by atoms with E-state index in [2.05, 4.69) is 43.3 Å². The first kappa shape index (κ1) is 13.8. The summed E-state index contributed by atoms with van der Waals surface area (Å²) in [5.41, 5.74) is 0. The molecular weight excluding hydrogens is 210 g/mol. The fraction of sp³-hybridized carbons (Fsp3) is 0.643. The molecule has 1 heterocycles. The number of hydrogen-bond donors (Lipinski definition) is 2. The van der Waals surface area contributed by atoms with Crippen molar-refractivity contribution in [3.8, 4) is 0 Å². The van der Waals surface area contributed by atoms with Gasteiger partial charge in [-0.1, -0.05) is 33.8 Å². The number of anilines is 2. The van der Waals surface area contributed by atoms with Gasteiger partial charge in [0.1, 0.15) is 11.6 Å². The molecule has 0 atom stereocenters. The molecule has 0 aliphatic carbocycles. The van der Waals surface area contributed by atoms with Crippen LogP contribution >= 0.6 is 0 Å². The predicted octanol–water partition coefficient (Wildman–Crippen LogP) is 3.46. The van der Waals surface area contributed by atoms with Crippen molar-refractivity contribution in [1.82, 2.24) is 4.98 Å². The summed E-state index contributed by atoms with van der Waals surface area (Å²) in [6.45, 7) is 10.1. The molecule has 2 N–H and O–H groups in total. The summed E-state index contributed by atoms with van der Waals surface area (Å²) in [7, 11) is 1.89. The van der Waals surface area contributed by atoms with Crippen molar-refractivity contribution in [3.05, 3.63) is 18.2 Å². The molecule has 17 heavy (non-hydrogen) atoms. The van der Waals surface area contributed by atoms with Gasteiger partial charge in [-0.15, -0.1) is 0 Å². The quantitative estimate of drug-likeness (QED) is 0.793. The number of aromatic nitrogens is 1. The van der Waals surface area contributed by atoms with Crippen molar-refractivity contribution in [2.24, 2.45) is 17.8 Å². The van der Waals surface area contributed by atoms with Gasteiger partial charge in [0.05, 0.1) is 0 Å². The first-order valence-electron chi connectivity index (χ1n) is 6.43. The van der Waals surface area contributed by atoms with Gasteiger partial charge in [0.25, 0.3) is 0 Å². The minimum atomic E-state index is 0.676. The normalized spacial score (nSPS) is 11.3. The highest BCUT2D eigenvalue weighted by Gasteiger charge is 2.17. The van der Waals surface area contributed by atoms with Gasteiger partial charge in [-0.3, -0.25) is 0 Å². The molecule has 0 saturated carbocycles. The molecule has 3 nitrogen and oxygen atoms in total. The second kappa shape index (κ2) is 6.48. The number of rotatable bonds is 6. The van der Waals surface area contributed by atoms with E-state index < -0.39 is 0 Å². The minimum Gasteiger partial charge on any atom is -0.373 e. The monoisotopic (exact) mass is 235 g/mol. The van der Waals surface area contributed by atoms with Gasteiger partial charge in [0, 0.05) is 13.6 Å². The number of hydrogen-bond acceptors (Lipinski definition) is 3. The van der Waals surface area contributed by atoms with Crippen LogP contribution in [0.1, 0.15) is 27.7 Å². The van der Waals surface area contributed by atoms with E-state index in [-0.39, 0.29) is 0 Å². The summed E-state index contributed by atoms with van der Waals surface area (Å²) >= 11 is 0. The van der Waals surface area contributed by atoms with Crippen molar-refractivity contribution in [1.29, 1.82) is 0 Å². The lowest BCUT2D eigenvalue weighted by atomic mass is 9.85. The Bertz CT molecular complexity index is 326. The molecule has 0 aromatic carbocycles. The lowest BCUT2D eigenvalue weighted by Gasteiger charge is -2.25. The molecule has 0 aliphatic heterocycles. The zero-order valence-corrected chi connectivity index (χ0v) is 11.6. The standard InChI is InChI=1S/C14H25N3/c1-10(2)12(11(3)4)9-16-14-8-6-7-13(15-5)17-14/h6-8,10-12H,9H2,1-5H3,(H2,15,16,17).